The Kier molecular flexibility index (Phi) is 4.45. The third kappa shape index (κ3) is 3.31. The maximum atomic E-state index is 13.0. The van der Waals surface area contributed by atoms with Crippen LogP contribution >= 0.6 is 0 Å². The third-order valence-corrected chi connectivity index (χ3v) is 11.6. The lowest BCUT2D eigenvalue weighted by atomic mass is 9.79. The smallest absolute Gasteiger partial charge is 0.252 e. The molecule has 0 unspecified atom stereocenters. The highest BCUT2D eigenvalue weighted by atomic mass is 28.4. The third-order valence-electron chi connectivity index (χ3n) is 7.09. The molecule has 0 spiro atoms. The van der Waals surface area contributed by atoms with E-state index in [9.17, 15) is 4.79 Å². The predicted molar refractivity (Wildman–Crippen MR) is 118 cm³/mol. The predicted octanol–water partition coefficient (Wildman–Crippen LogP) is 3.83. The number of amides is 1. The quantitative estimate of drug-likeness (QED) is 0.698. The molecule has 3 aliphatic heterocycles. The number of carbonyl (C=O) groups is 1. The van der Waals surface area contributed by atoms with Crippen molar-refractivity contribution in [3.63, 3.8) is 0 Å². The molecule has 7 nitrogen and oxygen atoms in total. The molecule has 3 heterocycles. The van der Waals surface area contributed by atoms with Gasteiger partial charge in [-0.25, -0.2) is 0 Å². The lowest BCUT2D eigenvalue weighted by Gasteiger charge is -2.44. The molecule has 4 atom stereocenters. The van der Waals surface area contributed by atoms with E-state index in [0.29, 0.717) is 17.1 Å². The highest BCUT2D eigenvalue weighted by Gasteiger charge is 2.55. The first kappa shape index (κ1) is 21.0. The summed E-state index contributed by atoms with van der Waals surface area (Å²) in [6, 6.07) is 3.35. The second-order valence-corrected chi connectivity index (χ2v) is 15.5. The lowest BCUT2D eigenvalue weighted by Crippen LogP contribution is -2.58. The monoisotopic (exact) mass is 445 g/mol. The Morgan fingerprint density at radius 3 is 2.32 bits per heavy atom. The Hall–Kier alpha value is -1.87. The number of ether oxygens (including phenoxy) is 4. The van der Waals surface area contributed by atoms with Crippen molar-refractivity contribution in [2.24, 2.45) is 0 Å². The Morgan fingerprint density at radius 2 is 1.68 bits per heavy atom. The molecule has 0 radical (unpaired) electrons. The van der Waals surface area contributed by atoms with Crippen LogP contribution in [-0.2, 0) is 13.9 Å². The van der Waals surface area contributed by atoms with E-state index in [2.05, 4.69) is 45.3 Å². The summed E-state index contributed by atoms with van der Waals surface area (Å²) in [5.74, 6) is 0.345. The second-order valence-electron chi connectivity index (χ2n) is 10.7. The molecule has 1 saturated heterocycles. The Morgan fingerprint density at radius 1 is 1.06 bits per heavy atom. The fourth-order valence-corrected chi connectivity index (χ4v) is 5.74. The first-order valence-corrected chi connectivity index (χ1v) is 13.8. The molecule has 1 aliphatic carbocycles. The molecule has 0 saturated carbocycles. The highest BCUT2D eigenvalue weighted by Crippen LogP contribution is 2.47. The maximum absolute atomic E-state index is 13.0. The van der Waals surface area contributed by atoms with Crippen molar-refractivity contribution < 1.29 is 28.2 Å². The fourth-order valence-electron chi connectivity index (χ4n) is 4.50. The van der Waals surface area contributed by atoms with Crippen molar-refractivity contribution in [3.05, 3.63) is 29.3 Å². The maximum Gasteiger partial charge on any atom is 0.252 e. The van der Waals surface area contributed by atoms with Crippen LogP contribution in [0.5, 0.6) is 11.5 Å². The van der Waals surface area contributed by atoms with E-state index in [4.69, 9.17) is 23.4 Å². The topological polar surface area (TPSA) is 75.3 Å². The SMILES string of the molecule is CC1(C)O[C@@H]2[C@@H](O1)[C@@H]1NC(=O)c3cc4c(cc3C1=C[C@@H]2O[Si](C)(C)C(C)(C)C)OCO4. The Labute approximate surface area is 184 Å². The average Bonchev–Trinajstić information content (AvgIpc) is 3.23. The summed E-state index contributed by atoms with van der Waals surface area (Å²) in [6.45, 7) is 15.1. The number of hydrogen-bond acceptors (Lipinski definition) is 6. The van der Waals surface area contributed by atoms with E-state index in [1.807, 2.05) is 19.9 Å². The molecule has 0 bridgehead atoms. The number of nitrogens with one attached hydrogen (secondary N) is 1. The van der Waals surface area contributed by atoms with Gasteiger partial charge in [-0.2, -0.15) is 0 Å². The van der Waals surface area contributed by atoms with Gasteiger partial charge in [-0.1, -0.05) is 20.8 Å². The van der Waals surface area contributed by atoms with Gasteiger partial charge in [0.05, 0.1) is 17.7 Å². The van der Waals surface area contributed by atoms with Crippen molar-refractivity contribution >= 4 is 19.8 Å². The second kappa shape index (κ2) is 6.57. The van der Waals surface area contributed by atoms with Crippen LogP contribution in [0, 0.1) is 0 Å². The summed E-state index contributed by atoms with van der Waals surface area (Å²) in [6.07, 6.45) is 1.21. The van der Waals surface area contributed by atoms with Crippen molar-refractivity contribution in [3.8, 4) is 11.5 Å². The standard InChI is InChI=1S/C23H31NO6Si/c1-22(2,3)31(6,7)30-17-9-13-12-8-15-16(27-11-26-15)10-14(12)21(25)24-18(13)20-19(17)28-23(4,5)29-20/h8-10,17-20H,11H2,1-7H3,(H,24,25)/t17-,18+,19-,20-/m0/s1. The van der Waals surface area contributed by atoms with E-state index in [-0.39, 0.29) is 42.1 Å². The largest absolute Gasteiger partial charge is 0.454 e. The average molecular weight is 446 g/mol. The molecule has 4 aliphatic rings. The van der Waals surface area contributed by atoms with Crippen LogP contribution < -0.4 is 14.8 Å². The van der Waals surface area contributed by atoms with Gasteiger partial charge in [0, 0.05) is 0 Å². The van der Waals surface area contributed by atoms with Crippen LogP contribution in [0.15, 0.2) is 18.2 Å². The number of hydrogen-bond donors (Lipinski definition) is 1. The van der Waals surface area contributed by atoms with Crippen LogP contribution in [0.25, 0.3) is 5.57 Å². The first-order valence-electron chi connectivity index (χ1n) is 10.9. The fraction of sp³-hybridized carbons (Fsp3) is 0.609. The van der Waals surface area contributed by atoms with Gasteiger partial charge < -0.3 is 28.7 Å². The lowest BCUT2D eigenvalue weighted by molar-refractivity contribution is -0.151. The summed E-state index contributed by atoms with van der Waals surface area (Å²) in [5.41, 5.74) is 2.40. The normalized spacial score (nSPS) is 30.8. The molecular formula is C23H31NO6Si. The summed E-state index contributed by atoms with van der Waals surface area (Å²) >= 11 is 0. The highest BCUT2D eigenvalue weighted by molar-refractivity contribution is 6.74. The van der Waals surface area contributed by atoms with Crippen LogP contribution in [-0.4, -0.2) is 51.2 Å². The summed E-state index contributed by atoms with van der Waals surface area (Å²) < 4.78 is 30.5. The zero-order valence-corrected chi connectivity index (χ0v) is 20.2. The summed E-state index contributed by atoms with van der Waals surface area (Å²) in [7, 11) is -2.09. The van der Waals surface area contributed by atoms with Gasteiger partial charge in [-0.05, 0) is 61.3 Å². The first-order chi connectivity index (χ1) is 14.4. The summed E-state index contributed by atoms with van der Waals surface area (Å²) in [5, 5.41) is 3.19. The van der Waals surface area contributed by atoms with E-state index in [1.54, 1.807) is 6.07 Å². The van der Waals surface area contributed by atoms with Crippen LogP contribution in [0.3, 0.4) is 0 Å². The molecule has 5 rings (SSSR count). The van der Waals surface area contributed by atoms with E-state index < -0.39 is 14.1 Å². The van der Waals surface area contributed by atoms with E-state index in [0.717, 1.165) is 11.1 Å². The van der Waals surface area contributed by atoms with E-state index >= 15 is 0 Å². The van der Waals surface area contributed by atoms with Crippen molar-refractivity contribution in [2.45, 2.75) is 82.9 Å². The molecule has 1 fully saturated rings. The zero-order chi connectivity index (χ0) is 22.3. The van der Waals surface area contributed by atoms with Crippen LogP contribution in [0.1, 0.15) is 50.5 Å². The van der Waals surface area contributed by atoms with Gasteiger partial charge in [-0.15, -0.1) is 0 Å². The molecule has 168 valence electrons. The minimum Gasteiger partial charge on any atom is -0.454 e. The van der Waals surface area contributed by atoms with Gasteiger partial charge in [0.15, 0.2) is 25.6 Å². The Balaban J connectivity index is 1.61. The molecular weight excluding hydrogens is 414 g/mol. The molecule has 1 amide bonds. The van der Waals surface area contributed by atoms with E-state index in [1.165, 1.54) is 0 Å². The van der Waals surface area contributed by atoms with Gasteiger partial charge in [0.1, 0.15) is 12.2 Å². The molecule has 1 aromatic carbocycles. The summed E-state index contributed by atoms with van der Waals surface area (Å²) in [4.78, 5) is 13.0. The van der Waals surface area contributed by atoms with Gasteiger partial charge >= 0.3 is 0 Å². The van der Waals surface area contributed by atoms with Crippen LogP contribution in [0.2, 0.25) is 18.1 Å². The molecule has 31 heavy (non-hydrogen) atoms. The number of fused-ring (bicyclic) bond motifs is 6. The minimum atomic E-state index is -2.09. The zero-order valence-electron chi connectivity index (χ0n) is 19.2. The van der Waals surface area contributed by atoms with Gasteiger partial charge in [0.2, 0.25) is 6.79 Å². The minimum absolute atomic E-state index is 0.0531. The van der Waals surface area contributed by atoms with Gasteiger partial charge in [-0.3, -0.25) is 4.79 Å². The van der Waals surface area contributed by atoms with Crippen molar-refractivity contribution in [1.29, 1.82) is 0 Å². The van der Waals surface area contributed by atoms with Crippen molar-refractivity contribution in [2.75, 3.05) is 6.79 Å². The number of rotatable bonds is 2. The van der Waals surface area contributed by atoms with Gasteiger partial charge in [0.25, 0.3) is 5.91 Å². The Bertz CT molecular complexity index is 979. The molecule has 1 N–H and O–H groups in total. The molecule has 1 aromatic rings. The number of benzene rings is 1. The number of carbonyl (C=O) groups excluding carboxylic acids is 1. The molecule has 0 aromatic heterocycles. The molecule has 8 heteroatoms. The van der Waals surface area contributed by atoms with Crippen molar-refractivity contribution in [1.82, 2.24) is 5.32 Å². The van der Waals surface area contributed by atoms with Crippen LogP contribution in [0.4, 0.5) is 0 Å².